The van der Waals surface area contributed by atoms with Crippen molar-refractivity contribution in [3.8, 4) is 0 Å². The highest BCUT2D eigenvalue weighted by molar-refractivity contribution is 4.67. The van der Waals surface area contributed by atoms with Gasteiger partial charge in [0.15, 0.2) is 0 Å². The van der Waals surface area contributed by atoms with E-state index in [1.165, 1.54) is 6.42 Å². The van der Waals surface area contributed by atoms with Crippen LogP contribution in [0.4, 0.5) is 0 Å². The van der Waals surface area contributed by atoms with Gasteiger partial charge >= 0.3 is 0 Å². The van der Waals surface area contributed by atoms with Crippen LogP contribution in [0, 0.1) is 0 Å². The molecule has 10 heavy (non-hydrogen) atoms. The molecule has 2 nitrogen and oxygen atoms in total. The third-order valence-electron chi connectivity index (χ3n) is 1.58. The number of hydrogen-bond acceptors (Lipinski definition) is 2. The Balaban J connectivity index is 3.39. The third kappa shape index (κ3) is 4.77. The summed E-state index contributed by atoms with van der Waals surface area (Å²) in [5.74, 6) is 0. The van der Waals surface area contributed by atoms with Gasteiger partial charge in [-0.25, -0.2) is 0 Å². The van der Waals surface area contributed by atoms with E-state index in [2.05, 4.69) is 26.1 Å². The Labute approximate surface area is 64.2 Å². The van der Waals surface area contributed by atoms with Gasteiger partial charge < -0.3 is 11.1 Å². The molecule has 0 saturated carbocycles. The van der Waals surface area contributed by atoms with Gasteiger partial charge in [0.05, 0.1) is 0 Å². The van der Waals surface area contributed by atoms with E-state index in [4.69, 9.17) is 5.73 Å². The van der Waals surface area contributed by atoms with Crippen LogP contribution < -0.4 is 11.1 Å². The summed E-state index contributed by atoms with van der Waals surface area (Å²) in [5.41, 5.74) is 5.44. The summed E-state index contributed by atoms with van der Waals surface area (Å²) < 4.78 is 0. The first-order valence-electron chi connectivity index (χ1n) is 4.16. The van der Waals surface area contributed by atoms with Gasteiger partial charge in [0.25, 0.3) is 0 Å². The summed E-state index contributed by atoms with van der Waals surface area (Å²) in [7, 11) is 0. The van der Waals surface area contributed by atoms with Crippen molar-refractivity contribution < 1.29 is 0 Å². The second kappa shape index (κ2) is 5.69. The zero-order valence-corrected chi connectivity index (χ0v) is 7.35. The largest absolute Gasteiger partial charge is 0.330 e. The van der Waals surface area contributed by atoms with Gasteiger partial charge in [-0.15, -0.1) is 0 Å². The lowest BCUT2D eigenvalue weighted by molar-refractivity contribution is 0.432. The smallest absolute Gasteiger partial charge is 0.00788 e. The summed E-state index contributed by atoms with van der Waals surface area (Å²) in [4.78, 5) is 0. The maximum absolute atomic E-state index is 5.44. The summed E-state index contributed by atoms with van der Waals surface area (Å²) in [6.07, 6.45) is 2.27. The lowest BCUT2D eigenvalue weighted by Gasteiger charge is -2.18. The first kappa shape index (κ1) is 9.92. The van der Waals surface area contributed by atoms with Crippen molar-refractivity contribution in [1.82, 2.24) is 5.32 Å². The molecule has 0 amide bonds. The lowest BCUT2D eigenvalue weighted by atomic mass is 10.1. The van der Waals surface area contributed by atoms with Crippen LogP contribution in [0.2, 0.25) is 0 Å². The number of rotatable bonds is 5. The van der Waals surface area contributed by atoms with E-state index in [1.807, 2.05) is 0 Å². The van der Waals surface area contributed by atoms with Crippen molar-refractivity contribution in [2.45, 2.75) is 45.7 Å². The molecule has 0 aromatic carbocycles. The quantitative estimate of drug-likeness (QED) is 0.606. The Hall–Kier alpha value is -0.0800. The molecule has 0 aliphatic heterocycles. The molecule has 0 rings (SSSR count). The number of hydrogen-bond donors (Lipinski definition) is 2. The molecule has 0 aromatic rings. The van der Waals surface area contributed by atoms with E-state index in [-0.39, 0.29) is 0 Å². The van der Waals surface area contributed by atoms with Crippen molar-refractivity contribution >= 4 is 0 Å². The van der Waals surface area contributed by atoms with Crippen LogP contribution in [-0.4, -0.2) is 18.6 Å². The van der Waals surface area contributed by atoms with Crippen molar-refractivity contribution in [2.75, 3.05) is 6.54 Å². The highest BCUT2D eigenvalue weighted by Gasteiger charge is 2.04. The van der Waals surface area contributed by atoms with Crippen LogP contribution in [0.1, 0.15) is 33.6 Å². The molecule has 0 spiro atoms. The van der Waals surface area contributed by atoms with Gasteiger partial charge in [0, 0.05) is 12.1 Å². The van der Waals surface area contributed by atoms with Crippen molar-refractivity contribution in [3.05, 3.63) is 0 Å². The van der Waals surface area contributed by atoms with Crippen LogP contribution in [0.25, 0.3) is 0 Å². The molecule has 2 heteroatoms. The fourth-order valence-corrected chi connectivity index (χ4v) is 1.08. The SMILES string of the molecule is CCC(CCN)NC(C)C. The second-order valence-corrected chi connectivity index (χ2v) is 3.00. The fraction of sp³-hybridized carbons (Fsp3) is 1.00. The van der Waals surface area contributed by atoms with Crippen molar-refractivity contribution in [3.63, 3.8) is 0 Å². The Bertz CT molecular complexity index is 71.7. The van der Waals surface area contributed by atoms with E-state index < -0.39 is 0 Å². The highest BCUT2D eigenvalue weighted by atomic mass is 14.9. The molecule has 0 bridgehead atoms. The van der Waals surface area contributed by atoms with Crippen LogP contribution >= 0.6 is 0 Å². The Kier molecular flexibility index (Phi) is 5.64. The highest BCUT2D eigenvalue weighted by Crippen LogP contribution is 1.96. The predicted octanol–water partition coefficient (Wildman–Crippen LogP) is 1.11. The van der Waals surface area contributed by atoms with E-state index in [0.29, 0.717) is 12.1 Å². The number of nitrogens with two attached hydrogens (primary N) is 1. The monoisotopic (exact) mass is 144 g/mol. The van der Waals surface area contributed by atoms with Crippen molar-refractivity contribution in [1.29, 1.82) is 0 Å². The average molecular weight is 144 g/mol. The molecule has 0 aliphatic carbocycles. The van der Waals surface area contributed by atoms with E-state index >= 15 is 0 Å². The lowest BCUT2D eigenvalue weighted by Crippen LogP contribution is -2.35. The normalized spacial score (nSPS) is 14.1. The Morgan fingerprint density at radius 3 is 2.30 bits per heavy atom. The van der Waals surface area contributed by atoms with E-state index in [1.54, 1.807) is 0 Å². The molecular formula is C8H20N2. The molecule has 0 aliphatic rings. The summed E-state index contributed by atoms with van der Waals surface area (Å²) in [5, 5.41) is 3.45. The molecule has 0 radical (unpaired) electrons. The average Bonchev–Trinajstić information content (AvgIpc) is 1.86. The van der Waals surface area contributed by atoms with Gasteiger partial charge in [-0.1, -0.05) is 20.8 Å². The first-order valence-corrected chi connectivity index (χ1v) is 4.16. The molecular weight excluding hydrogens is 124 g/mol. The predicted molar refractivity (Wildman–Crippen MR) is 46.0 cm³/mol. The second-order valence-electron chi connectivity index (χ2n) is 3.00. The third-order valence-corrected chi connectivity index (χ3v) is 1.58. The zero-order chi connectivity index (χ0) is 7.98. The van der Waals surface area contributed by atoms with Crippen LogP contribution in [0.15, 0.2) is 0 Å². The van der Waals surface area contributed by atoms with Gasteiger partial charge in [-0.3, -0.25) is 0 Å². The zero-order valence-electron chi connectivity index (χ0n) is 7.35. The molecule has 62 valence electrons. The minimum atomic E-state index is 0.580. The maximum Gasteiger partial charge on any atom is 0.00788 e. The number of nitrogens with one attached hydrogen (secondary N) is 1. The summed E-state index contributed by atoms with van der Waals surface area (Å²) in [6, 6.07) is 1.20. The maximum atomic E-state index is 5.44. The molecule has 0 heterocycles. The Morgan fingerprint density at radius 1 is 1.40 bits per heavy atom. The first-order chi connectivity index (χ1) is 4.70. The van der Waals surface area contributed by atoms with Gasteiger partial charge in [-0.2, -0.15) is 0 Å². The molecule has 0 saturated heterocycles. The molecule has 3 N–H and O–H groups in total. The summed E-state index contributed by atoms with van der Waals surface area (Å²) >= 11 is 0. The van der Waals surface area contributed by atoms with E-state index in [0.717, 1.165) is 13.0 Å². The van der Waals surface area contributed by atoms with Gasteiger partial charge in [-0.05, 0) is 19.4 Å². The standard InChI is InChI=1S/C8H20N2/c1-4-8(5-6-9)10-7(2)3/h7-8,10H,4-6,9H2,1-3H3. The Morgan fingerprint density at radius 2 is 2.00 bits per heavy atom. The molecule has 1 unspecified atom stereocenters. The van der Waals surface area contributed by atoms with Gasteiger partial charge in [0.2, 0.25) is 0 Å². The fourth-order valence-electron chi connectivity index (χ4n) is 1.08. The van der Waals surface area contributed by atoms with E-state index in [9.17, 15) is 0 Å². The van der Waals surface area contributed by atoms with Crippen LogP contribution in [0.5, 0.6) is 0 Å². The van der Waals surface area contributed by atoms with Crippen LogP contribution in [0.3, 0.4) is 0 Å². The molecule has 0 fully saturated rings. The van der Waals surface area contributed by atoms with Gasteiger partial charge in [0.1, 0.15) is 0 Å². The topological polar surface area (TPSA) is 38.0 Å². The minimum absolute atomic E-state index is 0.580. The minimum Gasteiger partial charge on any atom is -0.330 e. The van der Waals surface area contributed by atoms with Crippen LogP contribution in [-0.2, 0) is 0 Å². The summed E-state index contributed by atoms with van der Waals surface area (Å²) in [6.45, 7) is 7.31. The molecule has 0 aromatic heterocycles. The van der Waals surface area contributed by atoms with Crippen molar-refractivity contribution in [2.24, 2.45) is 5.73 Å². The molecule has 1 atom stereocenters.